The minimum atomic E-state index is -0.170. The quantitative estimate of drug-likeness (QED) is 0.606. The van der Waals surface area contributed by atoms with Crippen LogP contribution in [0.4, 0.5) is 5.82 Å². The van der Waals surface area contributed by atoms with Crippen LogP contribution in [-0.4, -0.2) is 20.7 Å². The third-order valence-corrected chi connectivity index (χ3v) is 4.34. The van der Waals surface area contributed by atoms with Gasteiger partial charge in [-0.05, 0) is 52.9 Å². The number of anilines is 1. The SMILES string of the molecule is CC(C)(C)c1cc(NC(=O)c2cccc(I)c2)n(-c2ccccn2)n1. The van der Waals surface area contributed by atoms with Crippen LogP contribution in [0.15, 0.2) is 54.7 Å². The van der Waals surface area contributed by atoms with E-state index in [-0.39, 0.29) is 11.3 Å². The number of amides is 1. The van der Waals surface area contributed by atoms with Gasteiger partial charge in [-0.15, -0.1) is 0 Å². The minimum Gasteiger partial charge on any atom is -0.306 e. The molecule has 2 heterocycles. The Labute approximate surface area is 160 Å². The van der Waals surface area contributed by atoms with Gasteiger partial charge < -0.3 is 5.32 Å². The first kappa shape index (κ1) is 17.6. The summed E-state index contributed by atoms with van der Waals surface area (Å²) in [7, 11) is 0. The van der Waals surface area contributed by atoms with E-state index in [1.807, 2.05) is 42.5 Å². The number of carbonyl (C=O) groups is 1. The molecule has 0 aliphatic heterocycles. The Hall–Kier alpha value is -2.22. The van der Waals surface area contributed by atoms with E-state index in [9.17, 15) is 4.79 Å². The van der Waals surface area contributed by atoms with Gasteiger partial charge >= 0.3 is 0 Å². The van der Waals surface area contributed by atoms with Gasteiger partial charge in [0.2, 0.25) is 0 Å². The van der Waals surface area contributed by atoms with E-state index >= 15 is 0 Å². The molecular weight excluding hydrogens is 427 g/mol. The van der Waals surface area contributed by atoms with Gasteiger partial charge in [-0.2, -0.15) is 9.78 Å². The second kappa shape index (κ2) is 6.95. The van der Waals surface area contributed by atoms with Crippen LogP contribution in [0.5, 0.6) is 0 Å². The average molecular weight is 446 g/mol. The second-order valence-corrected chi connectivity index (χ2v) is 7.97. The standard InChI is InChI=1S/C19H19IN4O/c1-19(2,3)15-12-17(24(23-15)16-9-4-5-10-21-16)22-18(25)13-7-6-8-14(20)11-13/h4-12H,1-3H3,(H,22,25). The number of carbonyl (C=O) groups excluding carboxylic acids is 1. The van der Waals surface area contributed by atoms with Crippen molar-refractivity contribution in [2.24, 2.45) is 0 Å². The fourth-order valence-corrected chi connectivity index (χ4v) is 2.85. The summed E-state index contributed by atoms with van der Waals surface area (Å²) in [4.78, 5) is 17.0. The highest BCUT2D eigenvalue weighted by molar-refractivity contribution is 14.1. The highest BCUT2D eigenvalue weighted by Crippen LogP contribution is 2.26. The van der Waals surface area contributed by atoms with Crippen LogP contribution >= 0.6 is 22.6 Å². The van der Waals surface area contributed by atoms with E-state index in [2.05, 4.69) is 58.8 Å². The summed E-state index contributed by atoms with van der Waals surface area (Å²) in [5.74, 6) is 1.10. The molecule has 1 aromatic carbocycles. The molecule has 2 aromatic heterocycles. The Kier molecular flexibility index (Phi) is 4.89. The predicted molar refractivity (Wildman–Crippen MR) is 107 cm³/mol. The normalized spacial score (nSPS) is 11.4. The molecule has 1 amide bonds. The molecule has 0 unspecified atom stereocenters. The molecule has 0 saturated heterocycles. The highest BCUT2D eigenvalue weighted by Gasteiger charge is 2.22. The van der Waals surface area contributed by atoms with E-state index in [1.54, 1.807) is 16.9 Å². The lowest BCUT2D eigenvalue weighted by molar-refractivity contribution is 0.102. The Morgan fingerprint density at radius 3 is 2.56 bits per heavy atom. The minimum absolute atomic E-state index is 0.137. The average Bonchev–Trinajstić information content (AvgIpc) is 3.00. The Morgan fingerprint density at radius 2 is 1.92 bits per heavy atom. The van der Waals surface area contributed by atoms with Crippen LogP contribution in [0.1, 0.15) is 36.8 Å². The lowest BCUT2D eigenvalue weighted by Crippen LogP contribution is -2.15. The highest BCUT2D eigenvalue weighted by atomic mass is 127. The molecule has 0 spiro atoms. The summed E-state index contributed by atoms with van der Waals surface area (Å²) in [6.07, 6.45) is 1.71. The lowest BCUT2D eigenvalue weighted by atomic mass is 9.92. The maximum Gasteiger partial charge on any atom is 0.256 e. The summed E-state index contributed by atoms with van der Waals surface area (Å²) < 4.78 is 2.69. The number of nitrogens with zero attached hydrogens (tertiary/aromatic N) is 3. The van der Waals surface area contributed by atoms with Gasteiger partial charge in [0.1, 0.15) is 5.82 Å². The molecule has 0 fully saturated rings. The molecular formula is C19H19IN4O. The Balaban J connectivity index is 2.00. The summed E-state index contributed by atoms with van der Waals surface area (Å²) >= 11 is 2.19. The summed E-state index contributed by atoms with van der Waals surface area (Å²) in [6, 6.07) is 15.0. The molecule has 0 aliphatic carbocycles. The Bertz CT molecular complexity index is 897. The van der Waals surface area contributed by atoms with E-state index in [0.29, 0.717) is 17.2 Å². The second-order valence-electron chi connectivity index (χ2n) is 6.73. The van der Waals surface area contributed by atoms with Gasteiger partial charge in [0.15, 0.2) is 5.82 Å². The van der Waals surface area contributed by atoms with Crippen LogP contribution in [0.25, 0.3) is 5.82 Å². The first-order chi connectivity index (χ1) is 11.8. The van der Waals surface area contributed by atoms with Crippen LogP contribution in [0, 0.1) is 3.57 Å². The zero-order valence-electron chi connectivity index (χ0n) is 14.3. The summed E-state index contributed by atoms with van der Waals surface area (Å²) in [5.41, 5.74) is 1.36. The number of rotatable bonds is 3. The van der Waals surface area contributed by atoms with E-state index in [1.165, 1.54) is 0 Å². The molecule has 0 aliphatic rings. The van der Waals surface area contributed by atoms with Crippen molar-refractivity contribution < 1.29 is 4.79 Å². The Morgan fingerprint density at radius 1 is 1.12 bits per heavy atom. The van der Waals surface area contributed by atoms with Crippen molar-refractivity contribution in [1.29, 1.82) is 0 Å². The number of hydrogen-bond donors (Lipinski definition) is 1. The van der Waals surface area contributed by atoms with Gasteiger partial charge in [-0.3, -0.25) is 4.79 Å². The van der Waals surface area contributed by atoms with Crippen LogP contribution in [0.3, 0.4) is 0 Å². The number of pyridine rings is 1. The lowest BCUT2D eigenvalue weighted by Gasteiger charge is -2.13. The number of aromatic nitrogens is 3. The fraction of sp³-hybridized carbons (Fsp3) is 0.211. The number of nitrogens with one attached hydrogen (secondary N) is 1. The molecule has 128 valence electrons. The monoisotopic (exact) mass is 446 g/mol. The van der Waals surface area contributed by atoms with Crippen molar-refractivity contribution in [3.63, 3.8) is 0 Å². The first-order valence-electron chi connectivity index (χ1n) is 7.93. The van der Waals surface area contributed by atoms with Gasteiger partial charge in [-0.25, -0.2) is 4.98 Å². The van der Waals surface area contributed by atoms with Crippen molar-refractivity contribution in [3.05, 3.63) is 69.6 Å². The topological polar surface area (TPSA) is 59.8 Å². The third-order valence-electron chi connectivity index (χ3n) is 3.67. The smallest absolute Gasteiger partial charge is 0.256 e. The summed E-state index contributed by atoms with van der Waals surface area (Å²) in [6.45, 7) is 6.26. The van der Waals surface area contributed by atoms with Gasteiger partial charge in [0, 0.05) is 26.8 Å². The molecule has 0 bridgehead atoms. The first-order valence-corrected chi connectivity index (χ1v) is 9.01. The van der Waals surface area contributed by atoms with Crippen LogP contribution in [-0.2, 0) is 5.41 Å². The molecule has 0 atom stereocenters. The molecule has 0 saturated carbocycles. The molecule has 6 heteroatoms. The summed E-state index contributed by atoms with van der Waals surface area (Å²) in [5, 5.41) is 7.62. The fourth-order valence-electron chi connectivity index (χ4n) is 2.31. The van der Waals surface area contributed by atoms with Gasteiger partial charge in [0.25, 0.3) is 5.91 Å². The largest absolute Gasteiger partial charge is 0.306 e. The third kappa shape index (κ3) is 4.07. The molecule has 3 aromatic rings. The van der Waals surface area contributed by atoms with Crippen LogP contribution in [0.2, 0.25) is 0 Å². The van der Waals surface area contributed by atoms with Crippen molar-refractivity contribution in [2.75, 3.05) is 5.32 Å². The van der Waals surface area contributed by atoms with Crippen molar-refractivity contribution in [3.8, 4) is 5.82 Å². The van der Waals surface area contributed by atoms with Crippen molar-refractivity contribution in [2.45, 2.75) is 26.2 Å². The van der Waals surface area contributed by atoms with Gasteiger partial charge in [0.05, 0.1) is 5.69 Å². The maximum absolute atomic E-state index is 12.6. The van der Waals surface area contributed by atoms with Crippen LogP contribution < -0.4 is 5.32 Å². The maximum atomic E-state index is 12.6. The number of halogens is 1. The molecule has 25 heavy (non-hydrogen) atoms. The molecule has 1 N–H and O–H groups in total. The zero-order valence-corrected chi connectivity index (χ0v) is 16.5. The molecule has 3 rings (SSSR count). The number of hydrogen-bond acceptors (Lipinski definition) is 3. The van der Waals surface area contributed by atoms with E-state index < -0.39 is 0 Å². The number of benzene rings is 1. The van der Waals surface area contributed by atoms with Crippen molar-refractivity contribution in [1.82, 2.24) is 14.8 Å². The van der Waals surface area contributed by atoms with Crippen molar-refractivity contribution >= 4 is 34.3 Å². The predicted octanol–water partition coefficient (Wildman–Crippen LogP) is 4.42. The molecule has 5 nitrogen and oxygen atoms in total. The zero-order chi connectivity index (χ0) is 18.0. The van der Waals surface area contributed by atoms with Gasteiger partial charge in [-0.1, -0.05) is 32.9 Å². The van der Waals surface area contributed by atoms with E-state index in [4.69, 9.17) is 0 Å². The molecule has 0 radical (unpaired) electrons. The van der Waals surface area contributed by atoms with E-state index in [0.717, 1.165) is 9.26 Å².